The Morgan fingerprint density at radius 2 is 1.51 bits per heavy atom. The molecule has 4 heterocycles. The molecule has 3 saturated heterocycles. The van der Waals surface area contributed by atoms with Crippen molar-refractivity contribution in [1.82, 2.24) is 34.7 Å². The normalized spacial score (nSPS) is 18.1. The van der Waals surface area contributed by atoms with Gasteiger partial charge in [0.05, 0.1) is 23.3 Å². The van der Waals surface area contributed by atoms with Crippen molar-refractivity contribution in [2.75, 3.05) is 91.8 Å². The molecular formula is C39H52FN7O6. The van der Waals surface area contributed by atoms with Crippen LogP contribution < -0.4 is 5.56 Å². The lowest BCUT2D eigenvalue weighted by atomic mass is 9.96. The molecule has 0 spiro atoms. The van der Waals surface area contributed by atoms with Crippen LogP contribution in [-0.4, -0.2) is 150 Å². The van der Waals surface area contributed by atoms with Crippen molar-refractivity contribution >= 4 is 28.7 Å². The van der Waals surface area contributed by atoms with Crippen LogP contribution in [0.15, 0.2) is 47.3 Å². The van der Waals surface area contributed by atoms with Crippen molar-refractivity contribution in [3.05, 3.63) is 75.5 Å². The maximum atomic E-state index is 14.9. The van der Waals surface area contributed by atoms with Gasteiger partial charge in [0.15, 0.2) is 0 Å². The Labute approximate surface area is 310 Å². The minimum Gasteiger partial charge on any atom is -0.444 e. The number of amides is 3. The maximum absolute atomic E-state index is 14.9. The van der Waals surface area contributed by atoms with Crippen molar-refractivity contribution in [3.63, 3.8) is 0 Å². The first-order valence-corrected chi connectivity index (χ1v) is 18.8. The molecule has 286 valence electrons. The van der Waals surface area contributed by atoms with Crippen LogP contribution in [0.25, 0.3) is 10.8 Å². The average Bonchev–Trinajstić information content (AvgIpc) is 3.15. The minimum atomic E-state index is -0.608. The zero-order valence-electron chi connectivity index (χ0n) is 31.2. The molecule has 53 heavy (non-hydrogen) atoms. The average molecular weight is 734 g/mol. The van der Waals surface area contributed by atoms with Gasteiger partial charge < -0.3 is 29.1 Å². The number of H-pyrrole nitrogens is 1. The highest BCUT2D eigenvalue weighted by Crippen LogP contribution is 2.22. The van der Waals surface area contributed by atoms with E-state index in [0.717, 1.165) is 65.2 Å². The number of carbonyl (C=O) groups excluding carboxylic acids is 3. The molecule has 0 radical (unpaired) electrons. The number of carbonyl (C=O) groups is 3. The fourth-order valence-corrected chi connectivity index (χ4v) is 7.30. The molecule has 0 unspecified atom stereocenters. The molecule has 6 rings (SSSR count). The van der Waals surface area contributed by atoms with Crippen molar-refractivity contribution < 1.29 is 28.2 Å². The standard InChI is InChI=1S/C39H52FN7O6/c1-39(2,3)53-38(51)47-12-10-28(11-13-47)26-44-16-14-43(15-17-44)22-23-52-27-35(48)45-18-20-46(21-19-45)37(50)32-24-29(8-9-33(32)40)25-34-30-6-4-5-7-31(30)36(49)42-41-34/h4-9,24,28H,10-23,25-27H2,1-3H3,(H,42,49). The van der Waals surface area contributed by atoms with Gasteiger partial charge >= 0.3 is 6.09 Å². The van der Waals surface area contributed by atoms with Gasteiger partial charge in [-0.1, -0.05) is 24.3 Å². The topological polar surface area (TPSA) is 132 Å². The van der Waals surface area contributed by atoms with Gasteiger partial charge in [-0.25, -0.2) is 14.3 Å². The number of piperazine rings is 2. The monoisotopic (exact) mass is 733 g/mol. The van der Waals surface area contributed by atoms with Gasteiger partial charge in [-0.2, -0.15) is 5.10 Å². The van der Waals surface area contributed by atoms with Crippen LogP contribution in [0.4, 0.5) is 9.18 Å². The highest BCUT2D eigenvalue weighted by molar-refractivity contribution is 5.95. The van der Waals surface area contributed by atoms with Crippen LogP contribution in [0.3, 0.4) is 0 Å². The van der Waals surface area contributed by atoms with Gasteiger partial charge in [0.25, 0.3) is 11.5 Å². The van der Waals surface area contributed by atoms with Crippen molar-refractivity contribution in [2.45, 2.75) is 45.6 Å². The summed E-state index contributed by atoms with van der Waals surface area (Å²) >= 11 is 0. The smallest absolute Gasteiger partial charge is 0.410 e. The Bertz CT molecular complexity index is 1810. The summed E-state index contributed by atoms with van der Waals surface area (Å²) in [6.07, 6.45) is 2.09. The summed E-state index contributed by atoms with van der Waals surface area (Å²) in [6, 6.07) is 11.6. The predicted molar refractivity (Wildman–Crippen MR) is 198 cm³/mol. The number of halogens is 1. The van der Waals surface area contributed by atoms with Crippen LogP contribution in [0.1, 0.15) is 55.2 Å². The Balaban J connectivity index is 0.870. The van der Waals surface area contributed by atoms with Gasteiger partial charge in [0, 0.05) is 90.3 Å². The van der Waals surface area contributed by atoms with Crippen LogP contribution in [-0.2, 0) is 20.7 Å². The van der Waals surface area contributed by atoms with E-state index >= 15 is 0 Å². The zero-order chi connectivity index (χ0) is 37.5. The number of aromatic nitrogens is 2. The number of ether oxygens (including phenoxy) is 2. The summed E-state index contributed by atoms with van der Waals surface area (Å²) < 4.78 is 26.2. The molecular weight excluding hydrogens is 681 g/mol. The summed E-state index contributed by atoms with van der Waals surface area (Å²) in [4.78, 5) is 60.8. The molecule has 13 nitrogen and oxygen atoms in total. The number of rotatable bonds is 10. The first-order chi connectivity index (χ1) is 25.4. The fourth-order valence-electron chi connectivity index (χ4n) is 7.30. The lowest BCUT2D eigenvalue weighted by Gasteiger charge is -2.39. The molecule has 3 amide bonds. The molecule has 1 N–H and O–H groups in total. The summed E-state index contributed by atoms with van der Waals surface area (Å²) in [7, 11) is 0. The van der Waals surface area contributed by atoms with Crippen LogP contribution in [0.2, 0.25) is 0 Å². The quantitative estimate of drug-likeness (QED) is 0.312. The number of aromatic amines is 1. The number of fused-ring (bicyclic) bond motifs is 1. The highest BCUT2D eigenvalue weighted by atomic mass is 19.1. The molecule has 3 fully saturated rings. The number of hydrogen-bond acceptors (Lipinski definition) is 9. The lowest BCUT2D eigenvalue weighted by molar-refractivity contribution is -0.137. The SMILES string of the molecule is CC(C)(C)OC(=O)N1CCC(CN2CCN(CCOCC(=O)N3CCN(C(=O)c4cc(Cc5n[nH]c(=O)c6ccccc56)ccc4F)CC3)CC2)CC1. The molecule has 3 aromatic rings. The van der Waals surface area contributed by atoms with Crippen LogP contribution in [0.5, 0.6) is 0 Å². The fraction of sp³-hybridized carbons (Fsp3) is 0.564. The third kappa shape index (κ3) is 10.2. The lowest BCUT2D eigenvalue weighted by Crippen LogP contribution is -2.51. The van der Waals surface area contributed by atoms with Crippen molar-refractivity contribution in [3.8, 4) is 0 Å². The van der Waals surface area contributed by atoms with Crippen LogP contribution >= 0.6 is 0 Å². The number of piperidine rings is 1. The van der Waals surface area contributed by atoms with E-state index < -0.39 is 17.3 Å². The molecule has 1 aromatic heterocycles. The first kappa shape index (κ1) is 38.3. The third-order valence-electron chi connectivity index (χ3n) is 10.4. The third-order valence-corrected chi connectivity index (χ3v) is 10.4. The van der Waals surface area contributed by atoms with Crippen LogP contribution in [0, 0.1) is 11.7 Å². The van der Waals surface area contributed by atoms with Gasteiger partial charge in [-0.05, 0) is 63.3 Å². The number of benzene rings is 2. The van der Waals surface area contributed by atoms with Crippen molar-refractivity contribution in [1.29, 1.82) is 0 Å². The second-order valence-electron chi connectivity index (χ2n) is 15.3. The highest BCUT2D eigenvalue weighted by Gasteiger charge is 2.29. The largest absolute Gasteiger partial charge is 0.444 e. The summed E-state index contributed by atoms with van der Waals surface area (Å²) in [6.45, 7) is 14.6. The summed E-state index contributed by atoms with van der Waals surface area (Å²) in [5, 5.41) is 7.95. The van der Waals surface area contributed by atoms with E-state index in [9.17, 15) is 23.6 Å². The first-order valence-electron chi connectivity index (χ1n) is 18.8. The Morgan fingerprint density at radius 3 is 2.21 bits per heavy atom. The Kier molecular flexibility index (Phi) is 12.4. The van der Waals surface area contributed by atoms with E-state index in [4.69, 9.17) is 9.47 Å². The predicted octanol–water partition coefficient (Wildman–Crippen LogP) is 3.22. The van der Waals surface area contributed by atoms with Gasteiger partial charge in [-0.3, -0.25) is 19.3 Å². The van der Waals surface area contributed by atoms with E-state index in [-0.39, 0.29) is 29.7 Å². The van der Waals surface area contributed by atoms with E-state index in [0.29, 0.717) is 67.2 Å². The molecule has 0 bridgehead atoms. The van der Waals surface area contributed by atoms with E-state index in [1.807, 2.05) is 37.8 Å². The Hall–Kier alpha value is -4.40. The van der Waals surface area contributed by atoms with Crippen molar-refractivity contribution in [2.24, 2.45) is 5.92 Å². The molecule has 0 atom stereocenters. The number of nitrogens with zero attached hydrogens (tertiary/aromatic N) is 6. The minimum absolute atomic E-state index is 0.0138. The van der Waals surface area contributed by atoms with E-state index in [1.54, 1.807) is 34.1 Å². The van der Waals surface area contributed by atoms with E-state index in [2.05, 4.69) is 20.0 Å². The molecule has 3 aliphatic heterocycles. The molecule has 2 aromatic carbocycles. The molecule has 0 aliphatic carbocycles. The van der Waals surface area contributed by atoms with Gasteiger partial charge in [0.2, 0.25) is 5.91 Å². The zero-order valence-corrected chi connectivity index (χ0v) is 31.2. The number of nitrogens with one attached hydrogen (secondary N) is 1. The molecule has 0 saturated carbocycles. The second-order valence-corrected chi connectivity index (χ2v) is 15.3. The summed E-state index contributed by atoms with van der Waals surface area (Å²) in [5.41, 5.74) is 0.542. The van der Waals surface area contributed by atoms with E-state index in [1.165, 1.54) is 6.07 Å². The molecule has 3 aliphatic rings. The summed E-state index contributed by atoms with van der Waals surface area (Å²) in [5.74, 6) is -0.561. The number of likely N-dealkylation sites (tertiary alicyclic amines) is 1. The maximum Gasteiger partial charge on any atom is 0.410 e. The molecule has 14 heteroatoms. The Morgan fingerprint density at radius 1 is 0.849 bits per heavy atom. The number of hydrogen-bond donors (Lipinski definition) is 1. The van der Waals surface area contributed by atoms with Gasteiger partial charge in [0.1, 0.15) is 18.0 Å². The van der Waals surface area contributed by atoms with Gasteiger partial charge in [-0.15, -0.1) is 0 Å². The second kappa shape index (κ2) is 17.2.